The first kappa shape index (κ1) is 16.4. The summed E-state index contributed by atoms with van der Waals surface area (Å²) in [5.41, 5.74) is 4.93. The number of likely N-dealkylation sites (N-methyl/N-ethyl adjacent to an activating group) is 1. The molecule has 3 N–H and O–H groups in total. The van der Waals surface area contributed by atoms with E-state index in [1.165, 1.54) is 0 Å². The maximum Gasteiger partial charge on any atom is 0.237 e. The zero-order valence-corrected chi connectivity index (χ0v) is 12.9. The van der Waals surface area contributed by atoms with Crippen LogP contribution in [0.4, 0.5) is 0 Å². The van der Waals surface area contributed by atoms with Gasteiger partial charge in [0.2, 0.25) is 5.91 Å². The van der Waals surface area contributed by atoms with Crippen LogP contribution >= 0.6 is 0 Å². The summed E-state index contributed by atoms with van der Waals surface area (Å²) in [6.45, 7) is 14.5. The summed E-state index contributed by atoms with van der Waals surface area (Å²) in [7, 11) is 0. The molecule has 0 spiro atoms. The van der Waals surface area contributed by atoms with E-state index in [4.69, 9.17) is 5.73 Å². The SMILES string of the molecule is CCNC(C)(CCN1CCN(C(C)C)CC1)C(N)=O. The van der Waals surface area contributed by atoms with Crippen LogP contribution in [0.5, 0.6) is 0 Å². The molecule has 1 fully saturated rings. The summed E-state index contributed by atoms with van der Waals surface area (Å²) in [5.74, 6) is -0.254. The Morgan fingerprint density at radius 3 is 2.32 bits per heavy atom. The molecule has 0 radical (unpaired) electrons. The second kappa shape index (κ2) is 7.22. The Morgan fingerprint density at radius 1 is 1.32 bits per heavy atom. The zero-order chi connectivity index (χ0) is 14.5. The first-order valence-electron chi connectivity index (χ1n) is 7.40. The third-order valence-corrected chi connectivity index (χ3v) is 4.18. The molecule has 1 amide bonds. The molecule has 0 aromatic rings. The van der Waals surface area contributed by atoms with Crippen molar-refractivity contribution in [1.29, 1.82) is 0 Å². The number of piperazine rings is 1. The van der Waals surface area contributed by atoms with Crippen molar-refractivity contribution >= 4 is 5.91 Å². The van der Waals surface area contributed by atoms with Gasteiger partial charge in [-0.1, -0.05) is 6.92 Å². The molecule has 112 valence electrons. The van der Waals surface area contributed by atoms with Gasteiger partial charge in [0.25, 0.3) is 0 Å². The Hall–Kier alpha value is -0.650. The Kier molecular flexibility index (Phi) is 6.23. The molecule has 0 aliphatic carbocycles. The standard InChI is InChI=1S/C14H30N4O/c1-5-16-14(4,13(15)19)6-7-17-8-10-18(11-9-17)12(2)3/h12,16H,5-11H2,1-4H3,(H2,15,19). The summed E-state index contributed by atoms with van der Waals surface area (Å²) in [6, 6.07) is 0.625. The maximum atomic E-state index is 11.6. The van der Waals surface area contributed by atoms with Crippen LogP contribution in [0.2, 0.25) is 0 Å². The number of rotatable bonds is 7. The summed E-state index contributed by atoms with van der Waals surface area (Å²) in [5, 5.41) is 3.21. The van der Waals surface area contributed by atoms with Crippen molar-refractivity contribution in [3.05, 3.63) is 0 Å². The molecular weight excluding hydrogens is 240 g/mol. The van der Waals surface area contributed by atoms with Crippen LogP contribution in [-0.2, 0) is 4.79 Å². The first-order valence-corrected chi connectivity index (χ1v) is 7.40. The van der Waals surface area contributed by atoms with E-state index in [-0.39, 0.29) is 5.91 Å². The van der Waals surface area contributed by atoms with Crippen LogP contribution in [0, 0.1) is 0 Å². The minimum absolute atomic E-state index is 0.254. The number of hydrogen-bond acceptors (Lipinski definition) is 4. The molecule has 1 heterocycles. The van der Waals surface area contributed by atoms with E-state index in [2.05, 4.69) is 29.0 Å². The van der Waals surface area contributed by atoms with Gasteiger partial charge in [-0.05, 0) is 33.7 Å². The van der Waals surface area contributed by atoms with Crippen LogP contribution in [0.15, 0.2) is 0 Å². The van der Waals surface area contributed by atoms with Gasteiger partial charge >= 0.3 is 0 Å². The molecule has 5 nitrogen and oxygen atoms in total. The van der Waals surface area contributed by atoms with Gasteiger partial charge in [-0.3, -0.25) is 9.69 Å². The van der Waals surface area contributed by atoms with E-state index in [1.54, 1.807) is 0 Å². The lowest BCUT2D eigenvalue weighted by Gasteiger charge is -2.38. The van der Waals surface area contributed by atoms with Gasteiger partial charge in [-0.25, -0.2) is 0 Å². The lowest BCUT2D eigenvalue weighted by Crippen LogP contribution is -2.56. The van der Waals surface area contributed by atoms with Crippen molar-refractivity contribution in [3.63, 3.8) is 0 Å². The third kappa shape index (κ3) is 4.75. The topological polar surface area (TPSA) is 61.6 Å². The summed E-state index contributed by atoms with van der Waals surface area (Å²) in [4.78, 5) is 16.5. The zero-order valence-electron chi connectivity index (χ0n) is 12.9. The van der Waals surface area contributed by atoms with Gasteiger partial charge in [-0.15, -0.1) is 0 Å². The molecule has 5 heteroatoms. The molecule has 0 bridgehead atoms. The molecular formula is C14H30N4O. The van der Waals surface area contributed by atoms with Gasteiger partial charge in [0.15, 0.2) is 0 Å². The Labute approximate surface area is 117 Å². The normalized spacial score (nSPS) is 21.5. The minimum Gasteiger partial charge on any atom is -0.368 e. The van der Waals surface area contributed by atoms with Gasteiger partial charge in [-0.2, -0.15) is 0 Å². The molecule has 1 atom stereocenters. The number of primary amides is 1. The van der Waals surface area contributed by atoms with E-state index in [9.17, 15) is 4.79 Å². The second-order valence-corrected chi connectivity index (χ2v) is 5.95. The molecule has 0 aromatic heterocycles. The highest BCUT2D eigenvalue weighted by atomic mass is 16.1. The summed E-state index contributed by atoms with van der Waals surface area (Å²) >= 11 is 0. The number of hydrogen-bond donors (Lipinski definition) is 2. The predicted octanol–water partition coefficient (Wildman–Crippen LogP) is 0.256. The van der Waals surface area contributed by atoms with E-state index in [1.807, 2.05) is 13.8 Å². The van der Waals surface area contributed by atoms with Crippen molar-refractivity contribution in [2.75, 3.05) is 39.3 Å². The monoisotopic (exact) mass is 270 g/mol. The summed E-state index contributed by atoms with van der Waals surface area (Å²) < 4.78 is 0. The van der Waals surface area contributed by atoms with Gasteiger partial charge in [0.05, 0.1) is 5.54 Å². The molecule has 0 saturated carbocycles. The van der Waals surface area contributed by atoms with E-state index in [0.29, 0.717) is 6.04 Å². The highest BCUT2D eigenvalue weighted by Crippen LogP contribution is 2.12. The predicted molar refractivity (Wildman–Crippen MR) is 79.0 cm³/mol. The average molecular weight is 270 g/mol. The molecule has 19 heavy (non-hydrogen) atoms. The minimum atomic E-state index is -0.579. The number of carbonyl (C=O) groups is 1. The van der Waals surface area contributed by atoms with Crippen LogP contribution < -0.4 is 11.1 Å². The van der Waals surface area contributed by atoms with Crippen molar-refractivity contribution in [2.24, 2.45) is 5.73 Å². The molecule has 1 aliphatic heterocycles. The Morgan fingerprint density at radius 2 is 1.89 bits per heavy atom. The van der Waals surface area contributed by atoms with Gasteiger partial charge in [0.1, 0.15) is 0 Å². The fourth-order valence-electron chi connectivity index (χ4n) is 2.57. The number of amides is 1. The van der Waals surface area contributed by atoms with Crippen LogP contribution in [0.1, 0.15) is 34.1 Å². The lowest BCUT2D eigenvalue weighted by atomic mass is 9.96. The van der Waals surface area contributed by atoms with Crippen LogP contribution in [-0.4, -0.2) is 66.6 Å². The maximum absolute atomic E-state index is 11.6. The van der Waals surface area contributed by atoms with E-state index >= 15 is 0 Å². The number of nitrogens with zero attached hydrogens (tertiary/aromatic N) is 2. The van der Waals surface area contributed by atoms with Crippen LogP contribution in [0.25, 0.3) is 0 Å². The average Bonchev–Trinajstić information content (AvgIpc) is 2.37. The third-order valence-electron chi connectivity index (χ3n) is 4.18. The fraction of sp³-hybridized carbons (Fsp3) is 0.929. The van der Waals surface area contributed by atoms with Gasteiger partial charge in [0, 0.05) is 38.8 Å². The smallest absolute Gasteiger partial charge is 0.237 e. The lowest BCUT2D eigenvalue weighted by molar-refractivity contribution is -0.124. The molecule has 0 aromatic carbocycles. The van der Waals surface area contributed by atoms with Gasteiger partial charge < -0.3 is 16.0 Å². The van der Waals surface area contributed by atoms with Crippen LogP contribution in [0.3, 0.4) is 0 Å². The quantitative estimate of drug-likeness (QED) is 0.696. The molecule has 1 saturated heterocycles. The van der Waals surface area contributed by atoms with Crippen molar-refractivity contribution in [1.82, 2.24) is 15.1 Å². The number of nitrogens with two attached hydrogens (primary N) is 1. The number of carbonyl (C=O) groups excluding carboxylic acids is 1. The Balaban J connectivity index is 2.38. The molecule has 1 aliphatic rings. The van der Waals surface area contributed by atoms with E-state index < -0.39 is 5.54 Å². The highest BCUT2D eigenvalue weighted by Gasteiger charge is 2.30. The largest absolute Gasteiger partial charge is 0.368 e. The first-order chi connectivity index (χ1) is 8.89. The molecule has 1 unspecified atom stereocenters. The second-order valence-electron chi connectivity index (χ2n) is 5.95. The number of nitrogens with one attached hydrogen (secondary N) is 1. The van der Waals surface area contributed by atoms with Crippen molar-refractivity contribution in [2.45, 2.75) is 45.7 Å². The molecule has 1 rings (SSSR count). The fourth-order valence-corrected chi connectivity index (χ4v) is 2.57. The van der Waals surface area contributed by atoms with Crippen molar-refractivity contribution < 1.29 is 4.79 Å². The summed E-state index contributed by atoms with van der Waals surface area (Å²) in [6.07, 6.45) is 0.776. The van der Waals surface area contributed by atoms with Crippen molar-refractivity contribution in [3.8, 4) is 0 Å². The highest BCUT2D eigenvalue weighted by molar-refractivity contribution is 5.84. The Bertz CT molecular complexity index is 287. The van der Waals surface area contributed by atoms with E-state index in [0.717, 1.165) is 45.7 Å².